The third-order valence-electron chi connectivity index (χ3n) is 6.63. The maximum Gasteiger partial charge on any atom is 0.573 e. The van der Waals surface area contributed by atoms with Crippen molar-refractivity contribution in [3.8, 4) is 22.8 Å². The molecule has 2 heterocycles. The largest absolute Gasteiger partial charge is 0.573 e. The first-order chi connectivity index (χ1) is 21.3. The van der Waals surface area contributed by atoms with Crippen molar-refractivity contribution in [3.05, 3.63) is 78.4 Å². The normalized spacial score (nSPS) is 14.4. The van der Waals surface area contributed by atoms with Crippen molar-refractivity contribution in [2.24, 2.45) is 4.99 Å². The van der Waals surface area contributed by atoms with Crippen molar-refractivity contribution in [2.75, 3.05) is 35.0 Å². The number of hydrogen-bond donors (Lipinski definition) is 1. The van der Waals surface area contributed by atoms with Gasteiger partial charge in [-0.05, 0) is 53.9 Å². The molecule has 15 heteroatoms. The van der Waals surface area contributed by atoms with E-state index in [0.29, 0.717) is 5.69 Å². The fourth-order valence-corrected chi connectivity index (χ4v) is 5.36. The van der Waals surface area contributed by atoms with Crippen LogP contribution in [0.25, 0.3) is 17.1 Å². The van der Waals surface area contributed by atoms with Crippen molar-refractivity contribution in [1.29, 1.82) is 0 Å². The highest BCUT2D eigenvalue weighted by Gasteiger charge is 2.33. The number of ether oxygens (including phenoxy) is 1. The second-order valence-corrected chi connectivity index (χ2v) is 11.3. The van der Waals surface area contributed by atoms with Crippen LogP contribution in [0.4, 0.5) is 39.4 Å². The lowest BCUT2D eigenvalue weighted by Crippen LogP contribution is -2.31. The molecule has 0 spiro atoms. The Morgan fingerprint density at radius 2 is 1.89 bits per heavy atom. The van der Waals surface area contributed by atoms with Crippen LogP contribution in [0.3, 0.4) is 0 Å². The van der Waals surface area contributed by atoms with Gasteiger partial charge >= 0.3 is 12.4 Å². The zero-order valence-corrected chi connectivity index (χ0v) is 25.3. The summed E-state index contributed by atoms with van der Waals surface area (Å²) in [5.41, 5.74) is 2.73. The molecule has 0 atom stereocenters. The van der Waals surface area contributed by atoms with Gasteiger partial charge in [0.1, 0.15) is 17.9 Å². The lowest BCUT2D eigenvalue weighted by Gasteiger charge is -2.24. The van der Waals surface area contributed by atoms with Crippen molar-refractivity contribution >= 4 is 45.9 Å². The number of alkyl halides is 3. The fourth-order valence-electron chi connectivity index (χ4n) is 4.50. The number of nitrogens with one attached hydrogen (secondary N) is 1. The zero-order chi connectivity index (χ0) is 32.5. The minimum absolute atomic E-state index is 0.0894. The molecule has 0 saturated carbocycles. The number of halogens is 4. The average Bonchev–Trinajstić information content (AvgIpc) is 3.60. The van der Waals surface area contributed by atoms with Crippen LogP contribution in [0.15, 0.2) is 72.0 Å². The first kappa shape index (κ1) is 31.5. The van der Waals surface area contributed by atoms with E-state index in [2.05, 4.69) is 25.1 Å². The van der Waals surface area contributed by atoms with Crippen LogP contribution >= 0.6 is 11.8 Å². The van der Waals surface area contributed by atoms with E-state index in [1.165, 1.54) is 40.2 Å². The number of nitrogens with zero attached hydrogens (tertiary/aromatic N) is 6. The van der Waals surface area contributed by atoms with Gasteiger partial charge in [-0.25, -0.2) is 18.9 Å². The molecule has 10 nitrogen and oxygen atoms in total. The fraction of sp³-hybridized carbons (Fsp3) is 0.233. The second-order valence-electron chi connectivity index (χ2n) is 10.4. The standard InChI is InChI=1S/C30H27F4N7O3S/c1-17(2)22-10-9-19(39(3)4)14-25(22)41-26(42)15-45-29(41)37-28(43)36-24-11-8-18(12-23(24)31)27-35-16-40(38-27)20-6-5-7-21(13-20)44-30(32,33)34/h5-14,16-17H,15H2,1-4H3,(H,36,43). The second kappa shape index (κ2) is 12.6. The Bertz CT molecular complexity index is 1790. The molecule has 0 bridgehead atoms. The Balaban J connectivity index is 1.34. The number of amidine groups is 1. The van der Waals surface area contributed by atoms with Crippen molar-refractivity contribution in [2.45, 2.75) is 26.1 Å². The molecule has 0 aliphatic carbocycles. The first-order valence-electron chi connectivity index (χ1n) is 13.5. The number of hydrogen-bond acceptors (Lipinski definition) is 7. The average molecular weight is 642 g/mol. The van der Waals surface area contributed by atoms with Gasteiger partial charge in [-0.15, -0.1) is 18.3 Å². The highest BCUT2D eigenvalue weighted by molar-refractivity contribution is 8.15. The number of benzene rings is 3. The number of rotatable bonds is 7. The highest BCUT2D eigenvalue weighted by atomic mass is 32.2. The van der Waals surface area contributed by atoms with E-state index >= 15 is 4.39 Å². The summed E-state index contributed by atoms with van der Waals surface area (Å²) < 4.78 is 58.0. The summed E-state index contributed by atoms with van der Waals surface area (Å²) in [4.78, 5) is 37.3. The summed E-state index contributed by atoms with van der Waals surface area (Å²) in [7, 11) is 3.77. The van der Waals surface area contributed by atoms with Gasteiger partial charge in [-0.2, -0.15) is 4.99 Å². The molecule has 45 heavy (non-hydrogen) atoms. The lowest BCUT2D eigenvalue weighted by molar-refractivity contribution is -0.274. The minimum Gasteiger partial charge on any atom is -0.406 e. The Morgan fingerprint density at radius 3 is 2.58 bits per heavy atom. The van der Waals surface area contributed by atoms with Gasteiger partial charge in [-0.3, -0.25) is 9.69 Å². The molecular weight excluding hydrogens is 614 g/mol. The molecule has 3 amide bonds. The molecule has 1 saturated heterocycles. The summed E-state index contributed by atoms with van der Waals surface area (Å²) in [6, 6.07) is 13.9. The SMILES string of the molecule is CC(C)c1ccc(N(C)C)cc1N1C(=O)CSC1=NC(=O)Nc1ccc(-c2ncn(-c3cccc(OC(F)(F)F)c3)n2)cc1F. The van der Waals surface area contributed by atoms with E-state index < -0.39 is 24.0 Å². The summed E-state index contributed by atoms with van der Waals surface area (Å²) in [5, 5.41) is 6.80. The van der Waals surface area contributed by atoms with Gasteiger partial charge in [0.05, 0.1) is 22.8 Å². The Labute approximate surface area is 259 Å². The molecule has 1 aliphatic heterocycles. The molecule has 0 radical (unpaired) electrons. The van der Waals surface area contributed by atoms with Crippen LogP contribution in [0.2, 0.25) is 0 Å². The number of anilines is 3. The zero-order valence-electron chi connectivity index (χ0n) is 24.5. The number of aromatic nitrogens is 3. The predicted octanol–water partition coefficient (Wildman–Crippen LogP) is 6.83. The molecule has 3 aromatic carbocycles. The third-order valence-corrected chi connectivity index (χ3v) is 7.56. The van der Waals surface area contributed by atoms with Crippen LogP contribution in [0.5, 0.6) is 5.75 Å². The van der Waals surface area contributed by atoms with Gasteiger partial charge in [0.25, 0.3) is 0 Å². The molecule has 5 rings (SSSR count). The molecule has 1 fully saturated rings. The molecule has 0 unspecified atom stereocenters. The number of amides is 3. The lowest BCUT2D eigenvalue weighted by atomic mass is 9.99. The Kier molecular flexibility index (Phi) is 8.82. The summed E-state index contributed by atoms with van der Waals surface area (Å²) in [5.74, 6) is -1.19. The number of thioether (sulfide) groups is 1. The van der Waals surface area contributed by atoms with Crippen LogP contribution in [0.1, 0.15) is 25.3 Å². The summed E-state index contributed by atoms with van der Waals surface area (Å²) in [6.07, 6.45) is -3.59. The molecule has 1 N–H and O–H groups in total. The van der Waals surface area contributed by atoms with Crippen LogP contribution < -0.4 is 19.9 Å². The molecule has 1 aliphatic rings. The van der Waals surface area contributed by atoms with E-state index in [0.717, 1.165) is 41.2 Å². The number of carbonyl (C=O) groups is 2. The smallest absolute Gasteiger partial charge is 0.406 e. The Hall–Kier alpha value is -4.92. The van der Waals surface area contributed by atoms with Crippen LogP contribution in [0, 0.1) is 5.82 Å². The van der Waals surface area contributed by atoms with E-state index in [1.807, 2.05) is 51.0 Å². The maximum absolute atomic E-state index is 15.1. The van der Waals surface area contributed by atoms with Crippen LogP contribution in [-0.4, -0.2) is 58.1 Å². The monoisotopic (exact) mass is 641 g/mol. The van der Waals surface area contributed by atoms with Gasteiger partial charge in [-0.1, -0.05) is 37.7 Å². The van der Waals surface area contributed by atoms with Gasteiger partial charge < -0.3 is 15.0 Å². The number of carbonyl (C=O) groups excluding carboxylic acids is 2. The predicted molar refractivity (Wildman–Crippen MR) is 165 cm³/mol. The van der Waals surface area contributed by atoms with E-state index in [9.17, 15) is 22.8 Å². The van der Waals surface area contributed by atoms with E-state index in [-0.39, 0.29) is 45.5 Å². The van der Waals surface area contributed by atoms with Crippen LogP contribution in [-0.2, 0) is 4.79 Å². The molecule has 4 aromatic rings. The topological polar surface area (TPSA) is 105 Å². The van der Waals surface area contributed by atoms with Gasteiger partial charge in [0.2, 0.25) is 5.91 Å². The minimum atomic E-state index is -4.85. The maximum atomic E-state index is 15.1. The van der Waals surface area contributed by atoms with Gasteiger partial charge in [0.15, 0.2) is 11.0 Å². The number of aliphatic imine (C=N–C) groups is 1. The van der Waals surface area contributed by atoms with E-state index in [4.69, 9.17) is 0 Å². The highest BCUT2D eigenvalue weighted by Crippen LogP contribution is 2.36. The third kappa shape index (κ3) is 7.25. The van der Waals surface area contributed by atoms with Gasteiger partial charge in [0, 0.05) is 31.4 Å². The summed E-state index contributed by atoms with van der Waals surface area (Å²) in [6.45, 7) is 4.01. The molecular formula is C30H27F4N7O3S. The number of urea groups is 1. The van der Waals surface area contributed by atoms with Crippen molar-refractivity contribution < 1.29 is 31.9 Å². The first-order valence-corrected chi connectivity index (χ1v) is 14.5. The quantitative estimate of drug-likeness (QED) is 0.221. The van der Waals surface area contributed by atoms with Crippen molar-refractivity contribution in [1.82, 2.24) is 14.8 Å². The van der Waals surface area contributed by atoms with E-state index in [1.54, 1.807) is 0 Å². The molecule has 1 aromatic heterocycles. The molecule has 234 valence electrons. The Morgan fingerprint density at radius 1 is 1.11 bits per heavy atom. The summed E-state index contributed by atoms with van der Waals surface area (Å²) >= 11 is 1.11. The van der Waals surface area contributed by atoms with Crippen molar-refractivity contribution in [3.63, 3.8) is 0 Å².